The number of hydrogen-bond donors (Lipinski definition) is 0. The summed E-state index contributed by atoms with van der Waals surface area (Å²) in [6, 6.07) is 8.30. The van der Waals surface area contributed by atoms with Gasteiger partial charge >= 0.3 is 5.97 Å². The fourth-order valence-corrected chi connectivity index (χ4v) is 2.02. The summed E-state index contributed by atoms with van der Waals surface area (Å²) in [5, 5.41) is 11.1. The quantitative estimate of drug-likeness (QED) is 0.442. The minimum Gasteiger partial charge on any atom is -0.469 e. The van der Waals surface area contributed by atoms with Crippen LogP contribution < -0.4 is 0 Å². The molecule has 0 bridgehead atoms. The average molecular weight is 251 g/mol. The highest BCUT2D eigenvalue weighted by atomic mass is 16.6. The van der Waals surface area contributed by atoms with Crippen LogP contribution in [0.2, 0.25) is 0 Å². The van der Waals surface area contributed by atoms with Gasteiger partial charge in [-0.3, -0.25) is 14.9 Å². The molecule has 0 radical (unpaired) electrons. The lowest BCUT2D eigenvalue weighted by atomic mass is 9.87. The molecule has 0 saturated carbocycles. The van der Waals surface area contributed by atoms with Crippen LogP contribution in [0.4, 0.5) is 0 Å². The van der Waals surface area contributed by atoms with Gasteiger partial charge in [0.1, 0.15) is 0 Å². The van der Waals surface area contributed by atoms with E-state index in [2.05, 4.69) is 4.74 Å². The fourth-order valence-electron chi connectivity index (χ4n) is 2.02. The lowest BCUT2D eigenvalue weighted by Crippen LogP contribution is -2.29. The van der Waals surface area contributed by atoms with Crippen molar-refractivity contribution < 1.29 is 14.5 Å². The summed E-state index contributed by atoms with van der Waals surface area (Å²) < 4.78 is 4.62. The lowest BCUT2D eigenvalue weighted by Gasteiger charge is -2.19. The van der Waals surface area contributed by atoms with Crippen molar-refractivity contribution in [2.24, 2.45) is 0 Å². The van der Waals surface area contributed by atoms with Crippen molar-refractivity contribution in [3.05, 3.63) is 46.0 Å². The molecule has 0 aliphatic rings. The normalized spacial score (nSPS) is 13.7. The summed E-state index contributed by atoms with van der Waals surface area (Å²) in [5.41, 5.74) is 0.798. The van der Waals surface area contributed by atoms with Crippen molar-refractivity contribution in [2.45, 2.75) is 31.7 Å². The molecule has 0 heterocycles. The van der Waals surface area contributed by atoms with E-state index in [9.17, 15) is 14.9 Å². The highest BCUT2D eigenvalue weighted by Crippen LogP contribution is 2.27. The molecule has 1 aromatic carbocycles. The first kappa shape index (κ1) is 14.2. The number of hydrogen-bond acceptors (Lipinski definition) is 4. The molecule has 2 atom stereocenters. The summed E-state index contributed by atoms with van der Waals surface area (Å²) in [6.07, 6.45) is 0.406. The second-order valence-electron chi connectivity index (χ2n) is 4.06. The van der Waals surface area contributed by atoms with E-state index in [4.69, 9.17) is 0 Å². The highest BCUT2D eigenvalue weighted by Gasteiger charge is 2.33. The Morgan fingerprint density at radius 2 is 2.00 bits per heavy atom. The Hall–Kier alpha value is -1.91. The molecule has 0 aromatic heterocycles. The third-order valence-electron chi connectivity index (χ3n) is 3.00. The Bertz CT molecular complexity index is 405. The minimum absolute atomic E-state index is 0.0278. The van der Waals surface area contributed by atoms with Crippen molar-refractivity contribution in [1.29, 1.82) is 0 Å². The van der Waals surface area contributed by atoms with Crippen LogP contribution in [0.3, 0.4) is 0 Å². The van der Waals surface area contributed by atoms with Gasteiger partial charge in [0.05, 0.1) is 19.4 Å². The Balaban J connectivity index is 3.01. The maximum atomic E-state index is 11.4. The van der Waals surface area contributed by atoms with Gasteiger partial charge in [0, 0.05) is 11.3 Å². The maximum Gasteiger partial charge on any atom is 0.306 e. The van der Waals surface area contributed by atoms with Crippen LogP contribution in [0.5, 0.6) is 0 Å². The van der Waals surface area contributed by atoms with Crippen molar-refractivity contribution >= 4 is 5.97 Å². The zero-order chi connectivity index (χ0) is 13.5. The number of rotatable bonds is 6. The topological polar surface area (TPSA) is 69.4 Å². The molecular formula is C13H17NO4. The third kappa shape index (κ3) is 3.55. The Kier molecular flexibility index (Phi) is 5.30. The van der Waals surface area contributed by atoms with Gasteiger partial charge < -0.3 is 4.74 Å². The number of carbonyl (C=O) groups excluding carboxylic acids is 1. The molecule has 18 heavy (non-hydrogen) atoms. The van der Waals surface area contributed by atoms with Gasteiger partial charge in [0.25, 0.3) is 0 Å². The number of benzene rings is 1. The predicted molar refractivity (Wildman–Crippen MR) is 66.9 cm³/mol. The summed E-state index contributed by atoms with van der Waals surface area (Å²) in [7, 11) is 1.29. The molecule has 5 heteroatoms. The zero-order valence-electron chi connectivity index (χ0n) is 10.5. The number of methoxy groups -OCH3 is 1. The molecule has 0 saturated heterocycles. The van der Waals surface area contributed by atoms with Crippen LogP contribution in [-0.4, -0.2) is 24.0 Å². The maximum absolute atomic E-state index is 11.4. The van der Waals surface area contributed by atoms with Gasteiger partial charge in [-0.1, -0.05) is 37.3 Å². The fraction of sp³-hybridized carbons (Fsp3) is 0.462. The van der Waals surface area contributed by atoms with Crippen LogP contribution in [0.15, 0.2) is 30.3 Å². The van der Waals surface area contributed by atoms with Gasteiger partial charge in [0.2, 0.25) is 6.04 Å². The molecule has 98 valence electrons. The third-order valence-corrected chi connectivity index (χ3v) is 3.00. The Morgan fingerprint density at radius 3 is 2.44 bits per heavy atom. The highest BCUT2D eigenvalue weighted by molar-refractivity contribution is 5.70. The van der Waals surface area contributed by atoms with Crippen molar-refractivity contribution in [3.63, 3.8) is 0 Å². The number of nitro groups is 1. The molecule has 5 nitrogen and oxygen atoms in total. The molecule has 0 fully saturated rings. The van der Waals surface area contributed by atoms with Crippen LogP contribution in [0.1, 0.15) is 31.2 Å². The smallest absolute Gasteiger partial charge is 0.306 e. The van der Waals surface area contributed by atoms with Crippen LogP contribution in [-0.2, 0) is 9.53 Å². The second-order valence-corrected chi connectivity index (χ2v) is 4.06. The average Bonchev–Trinajstić information content (AvgIpc) is 2.38. The molecule has 0 spiro atoms. The molecule has 0 aliphatic carbocycles. The minimum atomic E-state index is -0.772. The first-order valence-corrected chi connectivity index (χ1v) is 5.85. The predicted octanol–water partition coefficient (Wildman–Crippen LogP) is 2.39. The van der Waals surface area contributed by atoms with Gasteiger partial charge in [-0.15, -0.1) is 0 Å². The van der Waals surface area contributed by atoms with E-state index in [-0.39, 0.29) is 11.3 Å². The van der Waals surface area contributed by atoms with E-state index in [0.29, 0.717) is 6.42 Å². The molecule has 0 unspecified atom stereocenters. The number of carbonyl (C=O) groups is 1. The van der Waals surface area contributed by atoms with Crippen LogP contribution in [0, 0.1) is 10.1 Å². The summed E-state index contributed by atoms with van der Waals surface area (Å²) in [6.45, 7) is 1.75. The summed E-state index contributed by atoms with van der Waals surface area (Å²) in [4.78, 5) is 22.1. The van der Waals surface area contributed by atoms with Gasteiger partial charge in [-0.25, -0.2) is 0 Å². The monoisotopic (exact) mass is 251 g/mol. The van der Waals surface area contributed by atoms with E-state index in [1.807, 2.05) is 18.2 Å². The number of nitrogens with zero attached hydrogens (tertiary/aromatic N) is 1. The molecule has 0 N–H and O–H groups in total. The lowest BCUT2D eigenvalue weighted by molar-refractivity contribution is -0.527. The van der Waals surface area contributed by atoms with Gasteiger partial charge in [-0.2, -0.15) is 0 Å². The SMILES string of the molecule is CC[C@@H]([C@H](CC(=O)OC)c1ccccc1)[N+](=O)[O-]. The second kappa shape index (κ2) is 6.74. The first-order valence-electron chi connectivity index (χ1n) is 5.85. The van der Waals surface area contributed by atoms with Gasteiger partial charge in [-0.05, 0) is 5.56 Å². The number of esters is 1. The van der Waals surface area contributed by atoms with E-state index < -0.39 is 17.9 Å². The van der Waals surface area contributed by atoms with E-state index in [1.54, 1.807) is 19.1 Å². The first-order chi connectivity index (χ1) is 8.60. The van der Waals surface area contributed by atoms with Crippen LogP contribution in [0.25, 0.3) is 0 Å². The van der Waals surface area contributed by atoms with Gasteiger partial charge in [0.15, 0.2) is 0 Å². The number of ether oxygens (including phenoxy) is 1. The van der Waals surface area contributed by atoms with E-state index in [0.717, 1.165) is 5.56 Å². The standard InChI is InChI=1S/C13H17NO4/c1-3-12(14(16)17)11(9-13(15)18-2)10-7-5-4-6-8-10/h4-8,11-12H,3,9H2,1-2H3/t11-,12+/m1/s1. The van der Waals surface area contributed by atoms with Crippen molar-refractivity contribution in [2.75, 3.05) is 7.11 Å². The molecule has 1 rings (SSSR count). The van der Waals surface area contributed by atoms with Crippen molar-refractivity contribution in [3.8, 4) is 0 Å². The molecule has 0 aliphatic heterocycles. The molecule has 0 amide bonds. The van der Waals surface area contributed by atoms with Crippen LogP contribution >= 0.6 is 0 Å². The summed E-state index contributed by atoms with van der Waals surface area (Å²) >= 11 is 0. The van der Waals surface area contributed by atoms with Crippen molar-refractivity contribution in [1.82, 2.24) is 0 Å². The summed E-state index contributed by atoms with van der Waals surface area (Å²) in [5.74, 6) is -0.872. The largest absolute Gasteiger partial charge is 0.469 e. The zero-order valence-corrected chi connectivity index (χ0v) is 10.5. The molecular weight excluding hydrogens is 234 g/mol. The Morgan fingerprint density at radius 1 is 1.39 bits per heavy atom. The van der Waals surface area contributed by atoms with E-state index >= 15 is 0 Å². The molecule has 1 aromatic rings. The Labute approximate surface area is 106 Å². The van der Waals surface area contributed by atoms with E-state index in [1.165, 1.54) is 7.11 Å².